The van der Waals surface area contributed by atoms with Gasteiger partial charge in [0.1, 0.15) is 18.2 Å². The third kappa shape index (κ3) is 3.58. The topological polar surface area (TPSA) is 102 Å². The minimum atomic E-state index is -0.261. The average Bonchev–Trinajstić information content (AvgIpc) is 3.04. The van der Waals surface area contributed by atoms with Crippen LogP contribution in [0.15, 0.2) is 41.3 Å². The molecule has 0 unspecified atom stereocenters. The first-order valence-electron chi connectivity index (χ1n) is 8.51. The van der Waals surface area contributed by atoms with E-state index in [-0.39, 0.29) is 29.7 Å². The number of aryl methyl sites for hydroxylation is 2. The molecule has 0 bridgehead atoms. The van der Waals surface area contributed by atoms with E-state index in [0.717, 1.165) is 17.4 Å². The molecule has 1 aliphatic rings. The number of carbonyl (C=O) groups is 2. The van der Waals surface area contributed by atoms with Gasteiger partial charge in [-0.15, -0.1) is 0 Å². The number of nitrogens with one attached hydrogen (secondary N) is 2. The molecule has 26 heavy (non-hydrogen) atoms. The summed E-state index contributed by atoms with van der Waals surface area (Å²) in [5.41, 5.74) is 1.80. The largest absolute Gasteiger partial charge is 0.451 e. The average molecular weight is 353 g/mol. The fraction of sp³-hybridized carbons (Fsp3) is 0.333. The van der Waals surface area contributed by atoms with E-state index in [1.165, 1.54) is 6.33 Å². The summed E-state index contributed by atoms with van der Waals surface area (Å²) in [4.78, 5) is 28.1. The monoisotopic (exact) mass is 353 g/mol. The number of nitrogens with zero attached hydrogens (tertiary/aromatic N) is 3. The van der Waals surface area contributed by atoms with Crippen LogP contribution in [0.5, 0.6) is 0 Å². The Hall–Kier alpha value is -3.16. The number of benzene rings is 1. The summed E-state index contributed by atoms with van der Waals surface area (Å²) < 4.78 is 7.20. The first-order valence-corrected chi connectivity index (χ1v) is 8.51. The summed E-state index contributed by atoms with van der Waals surface area (Å²) in [6.07, 6.45) is 4.05. The van der Waals surface area contributed by atoms with Crippen molar-refractivity contribution < 1.29 is 14.0 Å². The van der Waals surface area contributed by atoms with Crippen LogP contribution in [0.1, 0.15) is 29.0 Å². The van der Waals surface area contributed by atoms with Crippen LogP contribution in [0.2, 0.25) is 0 Å². The number of amides is 2. The second-order valence-corrected chi connectivity index (χ2v) is 6.55. The Morgan fingerprint density at radius 1 is 1.27 bits per heavy atom. The van der Waals surface area contributed by atoms with Gasteiger partial charge in [0.05, 0.1) is 18.6 Å². The predicted octanol–water partition coefficient (Wildman–Crippen LogP) is 1.41. The number of carbonyl (C=O) groups excluding carboxylic acids is 2. The highest BCUT2D eigenvalue weighted by Crippen LogP contribution is 2.24. The molecule has 1 aliphatic carbocycles. The van der Waals surface area contributed by atoms with E-state index < -0.39 is 0 Å². The molecule has 2 aromatic heterocycles. The standard InChI is InChI=1S/C18H19N5O3/c1-11-2-3-15-12(6-11)7-16(26-15)18(25)22-14-8-13(14)21-17(24)4-5-23-10-19-9-20-23/h2-3,6-7,9-10,13-14H,4-5,8H2,1H3,(H,21,24)(H,22,25)/t13-,14-/m1/s1. The van der Waals surface area contributed by atoms with Crippen molar-refractivity contribution in [1.82, 2.24) is 25.4 Å². The highest BCUT2D eigenvalue weighted by molar-refractivity contribution is 5.96. The van der Waals surface area contributed by atoms with Crippen molar-refractivity contribution in [2.24, 2.45) is 0 Å². The van der Waals surface area contributed by atoms with Gasteiger partial charge in [0.25, 0.3) is 5.91 Å². The molecule has 1 aromatic carbocycles. The maximum Gasteiger partial charge on any atom is 0.287 e. The Labute approximate surface area is 149 Å². The summed E-state index contributed by atoms with van der Waals surface area (Å²) in [6.45, 7) is 2.47. The van der Waals surface area contributed by atoms with E-state index >= 15 is 0 Å². The number of hydrogen-bond donors (Lipinski definition) is 2. The predicted molar refractivity (Wildman–Crippen MR) is 93.4 cm³/mol. The molecule has 2 amide bonds. The molecule has 0 aliphatic heterocycles. The van der Waals surface area contributed by atoms with Crippen molar-refractivity contribution in [3.63, 3.8) is 0 Å². The van der Waals surface area contributed by atoms with Crippen molar-refractivity contribution in [3.05, 3.63) is 48.2 Å². The highest BCUT2D eigenvalue weighted by atomic mass is 16.3. The van der Waals surface area contributed by atoms with E-state index in [4.69, 9.17) is 4.42 Å². The van der Waals surface area contributed by atoms with Crippen molar-refractivity contribution >= 4 is 22.8 Å². The van der Waals surface area contributed by atoms with E-state index in [1.54, 1.807) is 17.1 Å². The van der Waals surface area contributed by atoms with Gasteiger partial charge in [-0.2, -0.15) is 5.10 Å². The number of aromatic nitrogens is 3. The molecule has 8 nitrogen and oxygen atoms in total. The van der Waals surface area contributed by atoms with E-state index in [0.29, 0.717) is 18.5 Å². The molecule has 0 saturated heterocycles. The van der Waals surface area contributed by atoms with Crippen molar-refractivity contribution in [2.75, 3.05) is 0 Å². The van der Waals surface area contributed by atoms with Crippen LogP contribution in [-0.2, 0) is 11.3 Å². The smallest absolute Gasteiger partial charge is 0.287 e. The summed E-state index contributed by atoms with van der Waals surface area (Å²) >= 11 is 0. The molecule has 134 valence electrons. The number of furan rings is 1. The summed E-state index contributed by atoms with van der Waals surface area (Å²) in [5.74, 6) is -0.0431. The lowest BCUT2D eigenvalue weighted by atomic mass is 10.2. The maximum atomic E-state index is 12.3. The molecule has 8 heteroatoms. The lowest BCUT2D eigenvalue weighted by molar-refractivity contribution is -0.121. The fourth-order valence-electron chi connectivity index (χ4n) is 2.87. The van der Waals surface area contributed by atoms with Gasteiger partial charge < -0.3 is 15.1 Å². The van der Waals surface area contributed by atoms with Crippen LogP contribution >= 0.6 is 0 Å². The molecule has 2 N–H and O–H groups in total. The Morgan fingerprint density at radius 2 is 2.12 bits per heavy atom. The van der Waals surface area contributed by atoms with Crippen LogP contribution in [0.25, 0.3) is 11.0 Å². The second-order valence-electron chi connectivity index (χ2n) is 6.55. The molecule has 2 heterocycles. The SMILES string of the molecule is Cc1ccc2oc(C(=O)N[C@@H]3C[C@H]3NC(=O)CCn3cncn3)cc2c1. The van der Waals surface area contributed by atoms with Crippen LogP contribution in [0.4, 0.5) is 0 Å². The highest BCUT2D eigenvalue weighted by Gasteiger charge is 2.40. The molecule has 0 spiro atoms. The number of fused-ring (bicyclic) bond motifs is 1. The van der Waals surface area contributed by atoms with Crippen LogP contribution in [-0.4, -0.2) is 38.7 Å². The molecule has 0 radical (unpaired) electrons. The number of hydrogen-bond acceptors (Lipinski definition) is 5. The quantitative estimate of drug-likeness (QED) is 0.698. The van der Waals surface area contributed by atoms with Gasteiger partial charge in [-0.3, -0.25) is 14.3 Å². The number of rotatable bonds is 6. The van der Waals surface area contributed by atoms with E-state index in [9.17, 15) is 9.59 Å². The summed E-state index contributed by atoms with van der Waals surface area (Å²) in [7, 11) is 0. The summed E-state index contributed by atoms with van der Waals surface area (Å²) in [5, 5.41) is 10.7. The molecular formula is C18H19N5O3. The lowest BCUT2D eigenvalue weighted by Gasteiger charge is -2.05. The molecule has 4 rings (SSSR count). The van der Waals surface area contributed by atoms with Gasteiger partial charge in [0.15, 0.2) is 5.76 Å². The fourth-order valence-corrected chi connectivity index (χ4v) is 2.87. The zero-order valence-corrected chi connectivity index (χ0v) is 14.3. The van der Waals surface area contributed by atoms with E-state index in [1.807, 2.05) is 25.1 Å². The lowest BCUT2D eigenvalue weighted by Crippen LogP contribution is -2.34. The van der Waals surface area contributed by atoms with Crippen LogP contribution in [0.3, 0.4) is 0 Å². The molecule has 1 fully saturated rings. The third-order valence-electron chi connectivity index (χ3n) is 4.38. The maximum absolute atomic E-state index is 12.3. The van der Waals surface area contributed by atoms with Gasteiger partial charge in [-0.05, 0) is 31.5 Å². The normalized spacial score (nSPS) is 18.7. The zero-order valence-electron chi connectivity index (χ0n) is 14.3. The third-order valence-corrected chi connectivity index (χ3v) is 4.38. The first-order chi connectivity index (χ1) is 12.6. The Morgan fingerprint density at radius 3 is 2.92 bits per heavy atom. The second kappa shape index (κ2) is 6.62. The van der Waals surface area contributed by atoms with Gasteiger partial charge in [-0.25, -0.2) is 4.98 Å². The van der Waals surface area contributed by atoms with Crippen molar-refractivity contribution in [3.8, 4) is 0 Å². The molecule has 3 aromatic rings. The summed E-state index contributed by atoms with van der Waals surface area (Å²) in [6, 6.07) is 7.42. The molecule has 2 atom stereocenters. The Bertz CT molecular complexity index is 947. The van der Waals surface area contributed by atoms with Gasteiger partial charge in [0.2, 0.25) is 5.91 Å². The van der Waals surface area contributed by atoms with Crippen molar-refractivity contribution in [2.45, 2.75) is 38.4 Å². The Kier molecular flexibility index (Phi) is 4.16. The van der Waals surface area contributed by atoms with Crippen LogP contribution in [0, 0.1) is 6.92 Å². The van der Waals surface area contributed by atoms with Crippen molar-refractivity contribution in [1.29, 1.82) is 0 Å². The van der Waals surface area contributed by atoms with Crippen LogP contribution < -0.4 is 10.6 Å². The van der Waals surface area contributed by atoms with Gasteiger partial charge in [0, 0.05) is 11.8 Å². The minimum absolute atomic E-state index is 0.0335. The van der Waals surface area contributed by atoms with Gasteiger partial charge >= 0.3 is 0 Å². The zero-order chi connectivity index (χ0) is 18.1. The Balaban J connectivity index is 1.27. The molecular weight excluding hydrogens is 334 g/mol. The van der Waals surface area contributed by atoms with E-state index in [2.05, 4.69) is 20.7 Å². The van der Waals surface area contributed by atoms with Gasteiger partial charge in [-0.1, -0.05) is 11.6 Å². The first kappa shape index (κ1) is 16.3. The minimum Gasteiger partial charge on any atom is -0.451 e. The molecule has 1 saturated carbocycles.